The summed E-state index contributed by atoms with van der Waals surface area (Å²) >= 11 is 0. The molecule has 0 saturated carbocycles. The first-order valence-corrected chi connectivity index (χ1v) is 5.01. The number of nitrogens with two attached hydrogens (primary N) is 1. The van der Waals surface area contributed by atoms with Crippen molar-refractivity contribution in [2.24, 2.45) is 5.73 Å². The number of hydrogen-bond donors (Lipinski definition) is 4. The van der Waals surface area contributed by atoms with Crippen LogP contribution >= 0.6 is 0 Å². The predicted molar refractivity (Wildman–Crippen MR) is 61.4 cm³/mol. The van der Waals surface area contributed by atoms with Crippen LogP contribution in [0, 0.1) is 0 Å². The second-order valence-corrected chi connectivity index (χ2v) is 2.89. The van der Waals surface area contributed by atoms with Crippen molar-refractivity contribution < 1.29 is 10.2 Å². The molecule has 0 unspecified atom stereocenters. The molecule has 0 aromatic heterocycles. The van der Waals surface area contributed by atoms with Crippen molar-refractivity contribution in [3.05, 3.63) is 35.9 Å². The van der Waals surface area contributed by atoms with Crippen LogP contribution in [-0.4, -0.2) is 36.5 Å². The van der Waals surface area contributed by atoms with E-state index in [4.69, 9.17) is 15.9 Å². The van der Waals surface area contributed by atoms with E-state index >= 15 is 0 Å². The average molecular weight is 212 g/mol. The molecule has 0 aliphatic carbocycles. The first kappa shape index (κ1) is 14.1. The lowest BCUT2D eigenvalue weighted by Gasteiger charge is -1.94. The number of hydrogen-bond acceptors (Lipinski definition) is 4. The zero-order valence-electron chi connectivity index (χ0n) is 8.89. The molecule has 1 aromatic rings. The van der Waals surface area contributed by atoms with Crippen molar-refractivity contribution in [3.63, 3.8) is 0 Å². The molecule has 0 heterocycles. The van der Waals surface area contributed by atoms with Crippen molar-refractivity contribution >= 4 is 0 Å². The van der Waals surface area contributed by atoms with Gasteiger partial charge in [0.25, 0.3) is 0 Å². The Bertz CT molecular complexity index is 213. The van der Waals surface area contributed by atoms with Gasteiger partial charge in [-0.05, 0) is 5.56 Å². The minimum atomic E-state index is 0.139. The predicted octanol–water partition coefficient (Wildman–Crippen LogP) is -0.294. The van der Waals surface area contributed by atoms with Gasteiger partial charge in [0.05, 0.1) is 13.2 Å². The standard InChI is InChI=1S/C7H9N.C4H11NO2/c8-6-7-4-2-1-3-5-7;6-3-1-5-2-4-7/h1-5H,6,8H2;5-7H,1-4H2. The van der Waals surface area contributed by atoms with Crippen molar-refractivity contribution in [1.29, 1.82) is 0 Å². The molecule has 0 bridgehead atoms. The van der Waals surface area contributed by atoms with Gasteiger partial charge in [0.2, 0.25) is 0 Å². The zero-order valence-corrected chi connectivity index (χ0v) is 8.89. The highest BCUT2D eigenvalue weighted by atomic mass is 16.3. The average Bonchev–Trinajstić information content (AvgIpc) is 2.32. The molecule has 4 heteroatoms. The highest BCUT2D eigenvalue weighted by molar-refractivity contribution is 5.13. The molecule has 15 heavy (non-hydrogen) atoms. The largest absolute Gasteiger partial charge is 0.395 e. The SMILES string of the molecule is NCc1ccccc1.OCCNCCO. The van der Waals surface area contributed by atoms with Crippen LogP contribution in [-0.2, 0) is 6.54 Å². The van der Waals surface area contributed by atoms with Crippen LogP contribution in [0.15, 0.2) is 30.3 Å². The molecule has 5 N–H and O–H groups in total. The first-order valence-electron chi connectivity index (χ1n) is 5.01. The maximum atomic E-state index is 8.15. The molecule has 0 saturated heterocycles. The van der Waals surface area contributed by atoms with Gasteiger partial charge in [-0.15, -0.1) is 0 Å². The third-order valence-electron chi connectivity index (χ3n) is 1.66. The summed E-state index contributed by atoms with van der Waals surface area (Å²) < 4.78 is 0. The molecular formula is C11H20N2O2. The molecule has 0 amide bonds. The Morgan fingerprint density at radius 2 is 1.53 bits per heavy atom. The number of aliphatic hydroxyl groups is 2. The van der Waals surface area contributed by atoms with Gasteiger partial charge in [-0.25, -0.2) is 0 Å². The number of nitrogens with one attached hydrogen (secondary N) is 1. The molecule has 0 atom stereocenters. The van der Waals surface area contributed by atoms with Crippen molar-refractivity contribution in [1.82, 2.24) is 5.32 Å². The van der Waals surface area contributed by atoms with Crippen LogP contribution in [0.4, 0.5) is 0 Å². The Morgan fingerprint density at radius 1 is 1.00 bits per heavy atom. The summed E-state index contributed by atoms with van der Waals surface area (Å²) in [5, 5.41) is 19.1. The Labute approximate surface area is 90.7 Å². The lowest BCUT2D eigenvalue weighted by molar-refractivity contribution is 0.267. The van der Waals surface area contributed by atoms with Crippen LogP contribution in [0.3, 0.4) is 0 Å². The van der Waals surface area contributed by atoms with E-state index in [1.807, 2.05) is 30.3 Å². The van der Waals surface area contributed by atoms with Crippen LogP contribution in [0.25, 0.3) is 0 Å². The molecule has 0 aliphatic rings. The Hall–Kier alpha value is -0.940. The lowest BCUT2D eigenvalue weighted by Crippen LogP contribution is -2.21. The maximum absolute atomic E-state index is 8.15. The van der Waals surface area contributed by atoms with Gasteiger partial charge in [0.1, 0.15) is 0 Å². The summed E-state index contributed by atoms with van der Waals surface area (Å²) in [5.74, 6) is 0. The Kier molecular flexibility index (Phi) is 10.4. The molecule has 0 radical (unpaired) electrons. The van der Waals surface area contributed by atoms with Crippen molar-refractivity contribution in [2.75, 3.05) is 26.3 Å². The zero-order chi connectivity index (χ0) is 11.4. The normalized spacial score (nSPS) is 9.27. The third kappa shape index (κ3) is 9.37. The highest BCUT2D eigenvalue weighted by Gasteiger charge is 1.80. The van der Waals surface area contributed by atoms with Gasteiger partial charge in [0.15, 0.2) is 0 Å². The van der Waals surface area contributed by atoms with E-state index in [1.165, 1.54) is 5.56 Å². The van der Waals surface area contributed by atoms with Crippen molar-refractivity contribution in [3.8, 4) is 0 Å². The number of benzene rings is 1. The second kappa shape index (κ2) is 11.1. The van der Waals surface area contributed by atoms with Gasteiger partial charge in [0, 0.05) is 19.6 Å². The molecule has 0 aliphatic heterocycles. The molecule has 86 valence electrons. The Balaban J connectivity index is 0.000000265. The van der Waals surface area contributed by atoms with Crippen LogP contribution in [0.5, 0.6) is 0 Å². The molecular weight excluding hydrogens is 192 g/mol. The van der Waals surface area contributed by atoms with E-state index in [-0.39, 0.29) is 13.2 Å². The van der Waals surface area contributed by atoms with E-state index in [0.717, 1.165) is 0 Å². The van der Waals surface area contributed by atoms with E-state index in [9.17, 15) is 0 Å². The fraction of sp³-hybridized carbons (Fsp3) is 0.455. The van der Waals surface area contributed by atoms with Crippen LogP contribution < -0.4 is 11.1 Å². The molecule has 0 fully saturated rings. The molecule has 1 aromatic carbocycles. The summed E-state index contributed by atoms with van der Waals surface area (Å²) in [6, 6.07) is 9.99. The summed E-state index contributed by atoms with van der Waals surface area (Å²) in [7, 11) is 0. The third-order valence-corrected chi connectivity index (χ3v) is 1.66. The summed E-state index contributed by atoms with van der Waals surface area (Å²) in [6.45, 7) is 2.06. The molecule has 4 nitrogen and oxygen atoms in total. The van der Waals surface area contributed by atoms with E-state index < -0.39 is 0 Å². The second-order valence-electron chi connectivity index (χ2n) is 2.89. The van der Waals surface area contributed by atoms with Gasteiger partial charge in [-0.1, -0.05) is 30.3 Å². The highest BCUT2D eigenvalue weighted by Crippen LogP contribution is 1.94. The number of aliphatic hydroxyl groups excluding tert-OH is 2. The van der Waals surface area contributed by atoms with E-state index in [0.29, 0.717) is 19.6 Å². The van der Waals surface area contributed by atoms with E-state index in [1.54, 1.807) is 0 Å². The minimum Gasteiger partial charge on any atom is -0.395 e. The van der Waals surface area contributed by atoms with Gasteiger partial charge < -0.3 is 21.3 Å². The van der Waals surface area contributed by atoms with Crippen LogP contribution in [0.2, 0.25) is 0 Å². The van der Waals surface area contributed by atoms with Crippen molar-refractivity contribution in [2.45, 2.75) is 6.54 Å². The summed E-state index contributed by atoms with van der Waals surface area (Å²) in [4.78, 5) is 0. The monoisotopic (exact) mass is 212 g/mol. The maximum Gasteiger partial charge on any atom is 0.0555 e. The fourth-order valence-electron chi connectivity index (χ4n) is 0.897. The van der Waals surface area contributed by atoms with E-state index in [2.05, 4.69) is 5.32 Å². The van der Waals surface area contributed by atoms with Crippen LogP contribution in [0.1, 0.15) is 5.56 Å². The fourth-order valence-corrected chi connectivity index (χ4v) is 0.897. The van der Waals surface area contributed by atoms with Gasteiger partial charge in [-0.2, -0.15) is 0 Å². The Morgan fingerprint density at radius 3 is 1.87 bits per heavy atom. The smallest absolute Gasteiger partial charge is 0.0555 e. The lowest BCUT2D eigenvalue weighted by atomic mass is 10.2. The van der Waals surface area contributed by atoms with Gasteiger partial charge in [-0.3, -0.25) is 0 Å². The molecule has 0 spiro atoms. The number of rotatable bonds is 5. The summed E-state index contributed by atoms with van der Waals surface area (Å²) in [6.07, 6.45) is 0. The minimum absolute atomic E-state index is 0.139. The topological polar surface area (TPSA) is 78.5 Å². The molecule has 1 rings (SSSR count). The summed E-state index contributed by atoms with van der Waals surface area (Å²) in [5.41, 5.74) is 6.54. The first-order chi connectivity index (χ1) is 7.35. The quantitative estimate of drug-likeness (QED) is 0.506. The van der Waals surface area contributed by atoms with Gasteiger partial charge >= 0.3 is 0 Å².